The van der Waals surface area contributed by atoms with Gasteiger partial charge in [-0.15, -0.1) is 0 Å². The van der Waals surface area contributed by atoms with E-state index in [1.54, 1.807) is 12.1 Å². The summed E-state index contributed by atoms with van der Waals surface area (Å²) in [6.45, 7) is 0.670. The van der Waals surface area contributed by atoms with Crippen molar-refractivity contribution in [1.29, 1.82) is 0 Å². The van der Waals surface area contributed by atoms with Gasteiger partial charge in [0.05, 0.1) is 36.7 Å². The van der Waals surface area contributed by atoms with E-state index in [4.69, 9.17) is 9.47 Å². The highest BCUT2D eigenvalue weighted by atomic mass is 16.5. The lowest BCUT2D eigenvalue weighted by Crippen LogP contribution is -2.44. The smallest absolute Gasteiger partial charge is 0.328 e. The predicted molar refractivity (Wildman–Crippen MR) is 158 cm³/mol. The van der Waals surface area contributed by atoms with Gasteiger partial charge in [0.25, 0.3) is 11.8 Å². The number of esters is 2. The quantitative estimate of drug-likeness (QED) is 0.374. The number of likely N-dealkylation sites (tertiary alicyclic amines) is 2. The molecule has 0 aromatic heterocycles. The van der Waals surface area contributed by atoms with Gasteiger partial charge in [-0.3, -0.25) is 9.59 Å². The van der Waals surface area contributed by atoms with Crippen LogP contribution in [0.15, 0.2) is 72.8 Å². The highest BCUT2D eigenvalue weighted by Gasteiger charge is 2.41. The van der Waals surface area contributed by atoms with Gasteiger partial charge in [0.2, 0.25) is 0 Å². The first-order valence-electron chi connectivity index (χ1n) is 14.0. The van der Waals surface area contributed by atoms with Crippen LogP contribution in [0.3, 0.4) is 0 Å². The maximum Gasteiger partial charge on any atom is 0.328 e. The molecule has 2 saturated heterocycles. The summed E-state index contributed by atoms with van der Waals surface area (Å²) >= 11 is 0. The van der Waals surface area contributed by atoms with Crippen molar-refractivity contribution in [2.45, 2.75) is 37.8 Å². The Kier molecular flexibility index (Phi) is 8.71. The second-order valence-corrected chi connectivity index (χ2v) is 10.3. The Morgan fingerprint density at radius 1 is 0.619 bits per heavy atom. The maximum absolute atomic E-state index is 14.5. The first-order chi connectivity index (χ1) is 20.4. The van der Waals surface area contributed by atoms with E-state index in [1.807, 2.05) is 60.7 Å². The monoisotopic (exact) mass is 570 g/mol. The van der Waals surface area contributed by atoms with Gasteiger partial charge in [-0.1, -0.05) is 36.4 Å². The molecule has 3 aromatic carbocycles. The highest BCUT2D eigenvalue weighted by molar-refractivity contribution is 6.15. The Labute approximate surface area is 244 Å². The van der Waals surface area contributed by atoms with Crippen molar-refractivity contribution in [3.63, 3.8) is 0 Å². The number of ether oxygens (including phenoxy) is 2. The van der Waals surface area contributed by atoms with Crippen LogP contribution >= 0.6 is 0 Å². The van der Waals surface area contributed by atoms with E-state index in [9.17, 15) is 19.2 Å². The van der Waals surface area contributed by atoms with Crippen molar-refractivity contribution in [2.24, 2.45) is 0 Å². The van der Waals surface area contributed by atoms with Crippen LogP contribution in [0, 0.1) is 0 Å². The number of hydrogen-bond acceptors (Lipinski definition) is 8. The van der Waals surface area contributed by atoms with Gasteiger partial charge in [0.15, 0.2) is 0 Å². The van der Waals surface area contributed by atoms with Gasteiger partial charge in [-0.05, 0) is 62.1 Å². The Bertz CT molecular complexity index is 1350. The molecule has 10 heteroatoms. The standard InChI is InChI=1S/C32H34N4O6/c1-41-31(39)25-15-9-19-35(25)29(37)27-23(33-21-11-5-3-6-12-21)17-18-24(34-22-13-7-4-8-14-22)28(27)30(38)36-20-10-16-26(36)32(40)42-2/h3-8,11-14,17-18,25-26,33-34H,9-10,15-16,19-20H2,1-2H3/t25-,26-/m0/s1. The van der Waals surface area contributed by atoms with E-state index in [1.165, 1.54) is 24.0 Å². The molecule has 42 heavy (non-hydrogen) atoms. The third-order valence-corrected chi connectivity index (χ3v) is 7.71. The first-order valence-corrected chi connectivity index (χ1v) is 14.0. The molecule has 3 aromatic rings. The molecule has 218 valence electrons. The van der Waals surface area contributed by atoms with Crippen molar-refractivity contribution in [3.05, 3.63) is 83.9 Å². The van der Waals surface area contributed by atoms with E-state index >= 15 is 0 Å². The number of anilines is 4. The number of methoxy groups -OCH3 is 2. The van der Waals surface area contributed by atoms with Gasteiger partial charge in [-0.25, -0.2) is 9.59 Å². The summed E-state index contributed by atoms with van der Waals surface area (Å²) in [4.78, 5) is 57.2. The topological polar surface area (TPSA) is 117 Å². The minimum absolute atomic E-state index is 0.108. The zero-order valence-electron chi connectivity index (χ0n) is 23.7. The molecule has 2 atom stereocenters. The molecular formula is C32H34N4O6. The van der Waals surface area contributed by atoms with Gasteiger partial charge in [0, 0.05) is 24.5 Å². The van der Waals surface area contributed by atoms with E-state index in [0.29, 0.717) is 61.5 Å². The van der Waals surface area contributed by atoms with Gasteiger partial charge in [-0.2, -0.15) is 0 Å². The van der Waals surface area contributed by atoms with Crippen LogP contribution in [0.1, 0.15) is 46.4 Å². The van der Waals surface area contributed by atoms with Crippen LogP contribution in [0.5, 0.6) is 0 Å². The minimum Gasteiger partial charge on any atom is -0.467 e. The lowest BCUT2D eigenvalue weighted by molar-refractivity contribution is -0.145. The van der Waals surface area contributed by atoms with E-state index in [2.05, 4.69) is 10.6 Å². The first kappa shape index (κ1) is 28.7. The van der Waals surface area contributed by atoms with Crippen LogP contribution in [-0.2, 0) is 19.1 Å². The van der Waals surface area contributed by atoms with Crippen LogP contribution in [0.4, 0.5) is 22.7 Å². The Morgan fingerprint density at radius 3 is 1.36 bits per heavy atom. The molecule has 5 rings (SSSR count). The summed E-state index contributed by atoms with van der Waals surface area (Å²) < 4.78 is 10.0. The highest BCUT2D eigenvalue weighted by Crippen LogP contribution is 2.36. The van der Waals surface area contributed by atoms with Gasteiger partial charge < -0.3 is 29.9 Å². The molecule has 2 aliphatic rings. The third kappa shape index (κ3) is 5.79. The number of nitrogens with one attached hydrogen (secondary N) is 2. The molecular weight excluding hydrogens is 536 g/mol. The molecule has 2 aliphatic heterocycles. The number of nitrogens with zero attached hydrogens (tertiary/aromatic N) is 2. The Balaban J connectivity index is 1.69. The molecule has 10 nitrogen and oxygen atoms in total. The normalized spacial score (nSPS) is 18.0. The van der Waals surface area contributed by atoms with Crippen molar-refractivity contribution in [2.75, 3.05) is 37.9 Å². The molecule has 0 aliphatic carbocycles. The number of para-hydroxylation sites is 2. The molecule has 2 heterocycles. The third-order valence-electron chi connectivity index (χ3n) is 7.71. The van der Waals surface area contributed by atoms with Crippen LogP contribution < -0.4 is 10.6 Å². The number of hydrogen-bond donors (Lipinski definition) is 2. The fourth-order valence-electron chi connectivity index (χ4n) is 5.68. The molecule has 0 radical (unpaired) electrons. The minimum atomic E-state index is -0.768. The van der Waals surface area contributed by atoms with Gasteiger partial charge >= 0.3 is 11.9 Å². The molecule has 0 unspecified atom stereocenters. The lowest BCUT2D eigenvalue weighted by atomic mass is 9.98. The number of benzene rings is 3. The zero-order valence-corrected chi connectivity index (χ0v) is 23.7. The lowest BCUT2D eigenvalue weighted by Gasteiger charge is -2.29. The number of amides is 2. The fourth-order valence-corrected chi connectivity index (χ4v) is 5.68. The summed E-state index contributed by atoms with van der Waals surface area (Å²) in [6.07, 6.45) is 2.16. The number of carbonyl (C=O) groups excluding carboxylic acids is 4. The van der Waals surface area contributed by atoms with Crippen LogP contribution in [0.2, 0.25) is 0 Å². The Morgan fingerprint density at radius 2 is 1.00 bits per heavy atom. The summed E-state index contributed by atoms with van der Waals surface area (Å²) in [6, 6.07) is 20.6. The summed E-state index contributed by atoms with van der Waals surface area (Å²) in [5.41, 5.74) is 2.45. The van der Waals surface area contributed by atoms with E-state index < -0.39 is 35.8 Å². The second-order valence-electron chi connectivity index (χ2n) is 10.3. The second kappa shape index (κ2) is 12.8. The van der Waals surface area contributed by atoms with Crippen molar-refractivity contribution < 1.29 is 28.7 Å². The van der Waals surface area contributed by atoms with Crippen molar-refractivity contribution in [1.82, 2.24) is 9.80 Å². The summed E-state index contributed by atoms with van der Waals surface area (Å²) in [5, 5.41) is 6.61. The van der Waals surface area contributed by atoms with Gasteiger partial charge in [0.1, 0.15) is 12.1 Å². The van der Waals surface area contributed by atoms with Crippen LogP contribution in [-0.4, -0.2) is 72.9 Å². The number of carbonyl (C=O) groups is 4. The molecule has 2 amide bonds. The van der Waals surface area contributed by atoms with E-state index in [-0.39, 0.29) is 11.1 Å². The molecule has 2 fully saturated rings. The maximum atomic E-state index is 14.5. The number of rotatable bonds is 8. The largest absolute Gasteiger partial charge is 0.467 e. The van der Waals surface area contributed by atoms with Crippen molar-refractivity contribution in [3.8, 4) is 0 Å². The fraction of sp³-hybridized carbons (Fsp3) is 0.312. The Hall–Kier alpha value is -4.86. The summed E-state index contributed by atoms with van der Waals surface area (Å²) in [5.74, 6) is -1.96. The molecule has 0 bridgehead atoms. The van der Waals surface area contributed by atoms with E-state index in [0.717, 1.165) is 0 Å². The predicted octanol–water partition coefficient (Wildman–Crippen LogP) is 4.73. The molecule has 0 spiro atoms. The van der Waals surface area contributed by atoms with Crippen LogP contribution in [0.25, 0.3) is 0 Å². The molecule has 2 N–H and O–H groups in total. The zero-order chi connectivity index (χ0) is 29.6. The molecule has 0 saturated carbocycles. The summed E-state index contributed by atoms with van der Waals surface area (Å²) in [7, 11) is 2.59. The average Bonchev–Trinajstić information content (AvgIpc) is 3.72. The van der Waals surface area contributed by atoms with Crippen molar-refractivity contribution >= 4 is 46.5 Å². The SMILES string of the molecule is COC(=O)[C@@H]1CCCN1C(=O)c1c(Nc2ccccc2)ccc(Nc2ccccc2)c1C(=O)N1CCC[C@H]1C(=O)OC. The average molecular weight is 571 g/mol.